The van der Waals surface area contributed by atoms with Crippen LogP contribution in [0.3, 0.4) is 0 Å². The monoisotopic (exact) mass is 232 g/mol. The lowest BCUT2D eigenvalue weighted by atomic mass is 10.2. The summed E-state index contributed by atoms with van der Waals surface area (Å²) in [6.07, 6.45) is 1.62. The van der Waals surface area contributed by atoms with Crippen LogP contribution in [0.15, 0.2) is 30.5 Å². The van der Waals surface area contributed by atoms with Gasteiger partial charge < -0.3 is 10.1 Å². The minimum absolute atomic E-state index is 0.246. The Morgan fingerprint density at radius 2 is 2.29 bits per heavy atom. The average Bonchev–Trinajstić information content (AvgIpc) is 2.75. The van der Waals surface area contributed by atoms with Crippen molar-refractivity contribution in [2.24, 2.45) is 7.05 Å². The van der Waals surface area contributed by atoms with E-state index in [-0.39, 0.29) is 5.91 Å². The standard InChI is InChI=1S/C11H12N4O2/c1-15-7-10(13-14-15)12-11(16)8-4-3-5-9(6-8)17-2/h3-7H,1-2H3,(H,12,16). The van der Waals surface area contributed by atoms with Gasteiger partial charge in [0.1, 0.15) is 5.75 Å². The van der Waals surface area contributed by atoms with Gasteiger partial charge in [0.25, 0.3) is 5.91 Å². The molecule has 0 atom stereocenters. The molecule has 6 heteroatoms. The second kappa shape index (κ2) is 4.65. The molecule has 17 heavy (non-hydrogen) atoms. The molecule has 0 aliphatic rings. The number of hydrogen-bond donors (Lipinski definition) is 1. The number of benzene rings is 1. The molecule has 0 saturated heterocycles. The third-order valence-electron chi connectivity index (χ3n) is 2.18. The topological polar surface area (TPSA) is 69.0 Å². The minimum atomic E-state index is -0.246. The third-order valence-corrected chi connectivity index (χ3v) is 2.18. The number of ether oxygens (including phenoxy) is 1. The van der Waals surface area contributed by atoms with E-state index in [9.17, 15) is 4.79 Å². The fraction of sp³-hybridized carbons (Fsp3) is 0.182. The van der Waals surface area contributed by atoms with Crippen molar-refractivity contribution in [1.29, 1.82) is 0 Å². The van der Waals surface area contributed by atoms with Gasteiger partial charge in [-0.05, 0) is 18.2 Å². The van der Waals surface area contributed by atoms with E-state index in [2.05, 4.69) is 15.6 Å². The maximum absolute atomic E-state index is 11.8. The lowest BCUT2D eigenvalue weighted by molar-refractivity contribution is 0.102. The number of aromatic nitrogens is 3. The summed E-state index contributed by atoms with van der Waals surface area (Å²) in [5, 5.41) is 10.1. The first-order valence-electron chi connectivity index (χ1n) is 5.01. The SMILES string of the molecule is COc1cccc(C(=O)Nc2cn(C)nn2)c1. The quantitative estimate of drug-likeness (QED) is 0.859. The van der Waals surface area contributed by atoms with Crippen molar-refractivity contribution in [3.05, 3.63) is 36.0 Å². The molecule has 6 nitrogen and oxygen atoms in total. The van der Waals surface area contributed by atoms with Gasteiger partial charge in [0.2, 0.25) is 0 Å². The Balaban J connectivity index is 2.14. The Labute approximate surface area is 98.2 Å². The fourth-order valence-electron chi connectivity index (χ4n) is 1.36. The highest BCUT2D eigenvalue weighted by Gasteiger charge is 2.08. The first-order chi connectivity index (χ1) is 8.19. The van der Waals surface area contributed by atoms with Gasteiger partial charge in [-0.25, -0.2) is 0 Å². The number of carbonyl (C=O) groups is 1. The number of rotatable bonds is 3. The lowest BCUT2D eigenvalue weighted by Gasteiger charge is -2.03. The van der Waals surface area contributed by atoms with Crippen LogP contribution in [0.25, 0.3) is 0 Å². The highest BCUT2D eigenvalue weighted by Crippen LogP contribution is 2.13. The second-order valence-electron chi connectivity index (χ2n) is 3.46. The molecule has 0 fully saturated rings. The Hall–Kier alpha value is -2.37. The fourth-order valence-corrected chi connectivity index (χ4v) is 1.36. The summed E-state index contributed by atoms with van der Waals surface area (Å²) in [5.41, 5.74) is 0.509. The summed E-state index contributed by atoms with van der Waals surface area (Å²) in [6, 6.07) is 6.89. The summed E-state index contributed by atoms with van der Waals surface area (Å²) < 4.78 is 6.56. The van der Waals surface area contributed by atoms with Crippen LogP contribution in [0, 0.1) is 0 Å². The summed E-state index contributed by atoms with van der Waals surface area (Å²) in [7, 11) is 3.29. The molecular weight excluding hydrogens is 220 g/mol. The maximum atomic E-state index is 11.8. The Kier molecular flexibility index (Phi) is 3.04. The first-order valence-corrected chi connectivity index (χ1v) is 5.01. The van der Waals surface area contributed by atoms with E-state index >= 15 is 0 Å². The molecule has 0 bridgehead atoms. The second-order valence-corrected chi connectivity index (χ2v) is 3.46. The van der Waals surface area contributed by atoms with Crippen molar-refractivity contribution in [3.8, 4) is 5.75 Å². The number of hydrogen-bond acceptors (Lipinski definition) is 4. The largest absolute Gasteiger partial charge is 0.497 e. The van der Waals surface area contributed by atoms with E-state index in [1.807, 2.05) is 0 Å². The van der Waals surface area contributed by atoms with Gasteiger partial charge in [-0.15, -0.1) is 5.10 Å². The molecule has 0 aliphatic carbocycles. The van der Waals surface area contributed by atoms with Crippen molar-refractivity contribution in [3.63, 3.8) is 0 Å². The number of amides is 1. The smallest absolute Gasteiger partial charge is 0.257 e. The number of nitrogens with one attached hydrogen (secondary N) is 1. The third kappa shape index (κ3) is 2.60. The van der Waals surface area contributed by atoms with Crippen LogP contribution in [0.1, 0.15) is 10.4 Å². The molecule has 0 spiro atoms. The van der Waals surface area contributed by atoms with E-state index in [0.29, 0.717) is 17.1 Å². The zero-order valence-electron chi connectivity index (χ0n) is 9.54. The number of nitrogens with zero attached hydrogens (tertiary/aromatic N) is 3. The molecule has 1 N–H and O–H groups in total. The van der Waals surface area contributed by atoms with Crippen LogP contribution in [-0.2, 0) is 7.05 Å². The molecule has 0 unspecified atom stereocenters. The van der Waals surface area contributed by atoms with Crippen molar-refractivity contribution >= 4 is 11.7 Å². The number of aryl methyl sites for hydroxylation is 1. The van der Waals surface area contributed by atoms with Gasteiger partial charge in [0.05, 0.1) is 13.3 Å². The summed E-state index contributed by atoms with van der Waals surface area (Å²) in [4.78, 5) is 11.8. The lowest BCUT2D eigenvalue weighted by Crippen LogP contribution is -2.12. The van der Waals surface area contributed by atoms with Crippen molar-refractivity contribution < 1.29 is 9.53 Å². The first kappa shape index (κ1) is 11.1. The molecule has 1 amide bonds. The predicted octanol–water partition coefficient (Wildman–Crippen LogP) is 1.08. The number of methoxy groups -OCH3 is 1. The Morgan fingerprint density at radius 3 is 2.94 bits per heavy atom. The molecule has 0 radical (unpaired) electrons. The minimum Gasteiger partial charge on any atom is -0.497 e. The molecular formula is C11H12N4O2. The van der Waals surface area contributed by atoms with Crippen LogP contribution in [0.4, 0.5) is 5.82 Å². The van der Waals surface area contributed by atoms with Crippen molar-refractivity contribution in [2.45, 2.75) is 0 Å². The molecule has 2 rings (SSSR count). The van der Waals surface area contributed by atoms with Crippen LogP contribution < -0.4 is 10.1 Å². The molecule has 1 aromatic heterocycles. The molecule has 0 saturated carbocycles. The van der Waals surface area contributed by atoms with E-state index in [1.165, 1.54) is 4.68 Å². The van der Waals surface area contributed by atoms with Crippen LogP contribution >= 0.6 is 0 Å². The number of carbonyl (C=O) groups excluding carboxylic acids is 1. The molecule has 0 aliphatic heterocycles. The van der Waals surface area contributed by atoms with E-state index < -0.39 is 0 Å². The molecule has 2 aromatic rings. The molecule has 88 valence electrons. The van der Waals surface area contributed by atoms with Crippen molar-refractivity contribution in [2.75, 3.05) is 12.4 Å². The summed E-state index contributed by atoms with van der Waals surface area (Å²) in [5.74, 6) is 0.807. The van der Waals surface area contributed by atoms with Gasteiger partial charge in [0, 0.05) is 12.6 Å². The van der Waals surface area contributed by atoms with E-state index in [0.717, 1.165) is 0 Å². The Bertz CT molecular complexity index is 536. The van der Waals surface area contributed by atoms with E-state index in [1.54, 1.807) is 44.6 Å². The Morgan fingerprint density at radius 1 is 1.47 bits per heavy atom. The summed E-state index contributed by atoms with van der Waals surface area (Å²) in [6.45, 7) is 0. The predicted molar refractivity (Wildman–Crippen MR) is 62.0 cm³/mol. The highest BCUT2D eigenvalue weighted by molar-refractivity contribution is 6.03. The maximum Gasteiger partial charge on any atom is 0.257 e. The van der Waals surface area contributed by atoms with Gasteiger partial charge in [-0.1, -0.05) is 11.3 Å². The van der Waals surface area contributed by atoms with Gasteiger partial charge in [-0.3, -0.25) is 9.48 Å². The van der Waals surface area contributed by atoms with Gasteiger partial charge in [0.15, 0.2) is 5.82 Å². The highest BCUT2D eigenvalue weighted by atomic mass is 16.5. The van der Waals surface area contributed by atoms with Crippen molar-refractivity contribution in [1.82, 2.24) is 15.0 Å². The van der Waals surface area contributed by atoms with Gasteiger partial charge >= 0.3 is 0 Å². The van der Waals surface area contributed by atoms with E-state index in [4.69, 9.17) is 4.74 Å². The average molecular weight is 232 g/mol. The zero-order valence-corrected chi connectivity index (χ0v) is 9.54. The number of anilines is 1. The summed E-state index contributed by atoms with van der Waals surface area (Å²) >= 11 is 0. The van der Waals surface area contributed by atoms with Crippen LogP contribution in [0.2, 0.25) is 0 Å². The van der Waals surface area contributed by atoms with Gasteiger partial charge in [-0.2, -0.15) is 0 Å². The zero-order chi connectivity index (χ0) is 12.3. The normalized spacial score (nSPS) is 10.0. The van der Waals surface area contributed by atoms with Crippen LogP contribution in [-0.4, -0.2) is 28.0 Å². The van der Waals surface area contributed by atoms with Crippen LogP contribution in [0.5, 0.6) is 5.75 Å². The molecule has 1 aromatic carbocycles. The molecule has 1 heterocycles.